The molecule has 0 unspecified atom stereocenters. The highest BCUT2D eigenvalue weighted by atomic mass is 32.1. The van der Waals surface area contributed by atoms with Gasteiger partial charge in [-0.2, -0.15) is 5.10 Å². The van der Waals surface area contributed by atoms with Gasteiger partial charge in [-0.15, -0.1) is 11.3 Å². The first-order chi connectivity index (χ1) is 10.7. The van der Waals surface area contributed by atoms with Crippen LogP contribution in [0.25, 0.3) is 10.6 Å². The van der Waals surface area contributed by atoms with Gasteiger partial charge in [0.1, 0.15) is 23.0 Å². The van der Waals surface area contributed by atoms with Crippen LogP contribution in [0.3, 0.4) is 0 Å². The molecule has 0 aliphatic heterocycles. The van der Waals surface area contributed by atoms with Crippen LogP contribution >= 0.6 is 11.3 Å². The molecule has 0 amide bonds. The third-order valence-electron chi connectivity index (χ3n) is 3.47. The second-order valence-electron chi connectivity index (χ2n) is 5.13. The van der Waals surface area contributed by atoms with E-state index in [1.807, 2.05) is 43.5 Å². The minimum absolute atomic E-state index is 0.0596. The van der Waals surface area contributed by atoms with Crippen molar-refractivity contribution in [3.63, 3.8) is 0 Å². The number of thiophene rings is 1. The van der Waals surface area contributed by atoms with Crippen molar-refractivity contribution in [2.24, 2.45) is 0 Å². The van der Waals surface area contributed by atoms with Crippen molar-refractivity contribution in [3.05, 3.63) is 46.7 Å². The maximum absolute atomic E-state index is 9.22. The van der Waals surface area contributed by atoms with Crippen molar-refractivity contribution < 1.29 is 9.52 Å². The molecule has 3 aromatic heterocycles. The van der Waals surface area contributed by atoms with E-state index in [0.29, 0.717) is 13.1 Å². The molecule has 0 spiro atoms. The number of hydrogen-bond donors (Lipinski definition) is 2. The van der Waals surface area contributed by atoms with Gasteiger partial charge in [0, 0.05) is 18.2 Å². The quantitative estimate of drug-likeness (QED) is 0.731. The van der Waals surface area contributed by atoms with Gasteiger partial charge in [-0.25, -0.2) is 4.68 Å². The lowest BCUT2D eigenvalue weighted by molar-refractivity contribution is 0.270. The first-order valence-electron chi connectivity index (χ1n) is 7.19. The summed E-state index contributed by atoms with van der Waals surface area (Å²) in [4.78, 5) is 1.12. The maximum Gasteiger partial charge on any atom is 0.125 e. The average Bonchev–Trinajstić information content (AvgIpc) is 3.18. The molecule has 0 saturated heterocycles. The third-order valence-corrected chi connectivity index (χ3v) is 4.36. The third kappa shape index (κ3) is 3.08. The van der Waals surface area contributed by atoms with Gasteiger partial charge in [0.05, 0.1) is 18.0 Å². The highest BCUT2D eigenvalue weighted by Gasteiger charge is 2.11. The second-order valence-corrected chi connectivity index (χ2v) is 6.08. The van der Waals surface area contributed by atoms with E-state index in [2.05, 4.69) is 10.4 Å². The summed E-state index contributed by atoms with van der Waals surface area (Å²) in [6.45, 7) is 5.11. The van der Waals surface area contributed by atoms with Crippen molar-refractivity contribution >= 4 is 17.2 Å². The van der Waals surface area contributed by atoms with E-state index in [0.717, 1.165) is 33.5 Å². The fourth-order valence-electron chi connectivity index (χ4n) is 2.41. The number of aliphatic hydroxyl groups excluding tert-OH is 1. The van der Waals surface area contributed by atoms with Crippen LogP contribution in [0.5, 0.6) is 0 Å². The van der Waals surface area contributed by atoms with E-state index in [-0.39, 0.29) is 6.61 Å². The molecule has 5 nitrogen and oxygen atoms in total. The largest absolute Gasteiger partial charge is 0.466 e. The van der Waals surface area contributed by atoms with Crippen molar-refractivity contribution in [2.75, 3.05) is 11.9 Å². The van der Waals surface area contributed by atoms with Crippen molar-refractivity contribution in [1.29, 1.82) is 0 Å². The second kappa shape index (κ2) is 6.37. The lowest BCUT2D eigenvalue weighted by Crippen LogP contribution is -2.10. The molecule has 0 radical (unpaired) electrons. The number of rotatable bonds is 6. The molecular weight excluding hydrogens is 298 g/mol. The molecule has 2 N–H and O–H groups in total. The van der Waals surface area contributed by atoms with Crippen LogP contribution in [0.1, 0.15) is 17.1 Å². The molecule has 0 fully saturated rings. The summed E-state index contributed by atoms with van der Waals surface area (Å²) in [5.74, 6) is 2.74. The number of hydrogen-bond acceptors (Lipinski definition) is 5. The van der Waals surface area contributed by atoms with Crippen LogP contribution in [-0.4, -0.2) is 21.5 Å². The Morgan fingerprint density at radius 3 is 2.86 bits per heavy atom. The van der Waals surface area contributed by atoms with Crippen LogP contribution in [0, 0.1) is 13.8 Å². The summed E-state index contributed by atoms with van der Waals surface area (Å²) < 4.78 is 7.35. The molecule has 22 heavy (non-hydrogen) atoms. The van der Waals surface area contributed by atoms with Gasteiger partial charge in [-0.3, -0.25) is 0 Å². The molecule has 3 aromatic rings. The van der Waals surface area contributed by atoms with Crippen LogP contribution < -0.4 is 5.32 Å². The zero-order chi connectivity index (χ0) is 15.5. The zero-order valence-electron chi connectivity index (χ0n) is 12.7. The Morgan fingerprint density at radius 2 is 2.23 bits per heavy atom. The van der Waals surface area contributed by atoms with Gasteiger partial charge in [0.15, 0.2) is 0 Å². The molecule has 3 heterocycles. The standard InChI is InChI=1S/C16H19N3O2S/c1-11-8-13(12(2)21-11)10-17-16-9-14(15-4-3-7-22-15)18-19(16)5-6-20/h3-4,7-9,17,20H,5-6,10H2,1-2H3. The summed E-state index contributed by atoms with van der Waals surface area (Å²) >= 11 is 1.66. The SMILES string of the molecule is Cc1cc(CNc2cc(-c3cccs3)nn2CCO)c(C)o1. The maximum atomic E-state index is 9.22. The van der Waals surface area contributed by atoms with Crippen LogP contribution in [0.4, 0.5) is 5.82 Å². The Hall–Kier alpha value is -2.05. The van der Waals surface area contributed by atoms with E-state index in [1.54, 1.807) is 16.0 Å². The predicted molar refractivity (Wildman–Crippen MR) is 88.1 cm³/mol. The molecule has 0 aromatic carbocycles. The Kier molecular flexibility index (Phi) is 4.31. The summed E-state index contributed by atoms with van der Waals surface area (Å²) in [5.41, 5.74) is 2.05. The van der Waals surface area contributed by atoms with E-state index in [9.17, 15) is 5.11 Å². The van der Waals surface area contributed by atoms with E-state index < -0.39 is 0 Å². The molecule has 0 saturated carbocycles. The first kappa shape index (κ1) is 14.9. The molecule has 116 valence electrons. The van der Waals surface area contributed by atoms with Crippen molar-refractivity contribution in [3.8, 4) is 10.6 Å². The van der Waals surface area contributed by atoms with Gasteiger partial charge in [-0.05, 0) is 31.4 Å². The van der Waals surface area contributed by atoms with Gasteiger partial charge in [0.25, 0.3) is 0 Å². The number of aliphatic hydroxyl groups is 1. The van der Waals surface area contributed by atoms with Crippen molar-refractivity contribution in [1.82, 2.24) is 9.78 Å². The zero-order valence-corrected chi connectivity index (χ0v) is 13.5. The normalized spacial score (nSPS) is 11.0. The minimum Gasteiger partial charge on any atom is -0.466 e. The molecular formula is C16H19N3O2S. The van der Waals surface area contributed by atoms with Crippen LogP contribution in [-0.2, 0) is 13.1 Å². The van der Waals surface area contributed by atoms with E-state index in [1.165, 1.54) is 0 Å². The topological polar surface area (TPSA) is 63.2 Å². The first-order valence-corrected chi connectivity index (χ1v) is 8.07. The fourth-order valence-corrected chi connectivity index (χ4v) is 3.10. The Labute approximate surface area is 133 Å². The van der Waals surface area contributed by atoms with E-state index >= 15 is 0 Å². The summed E-state index contributed by atoms with van der Waals surface area (Å²) in [6.07, 6.45) is 0. The average molecular weight is 317 g/mol. The molecule has 6 heteroatoms. The number of aryl methyl sites for hydroxylation is 2. The highest BCUT2D eigenvalue weighted by molar-refractivity contribution is 7.13. The summed E-state index contributed by atoms with van der Waals surface area (Å²) in [7, 11) is 0. The molecule has 0 bridgehead atoms. The molecule has 3 rings (SSSR count). The number of nitrogens with zero attached hydrogens (tertiary/aromatic N) is 2. The van der Waals surface area contributed by atoms with E-state index in [4.69, 9.17) is 4.42 Å². The van der Waals surface area contributed by atoms with Gasteiger partial charge in [-0.1, -0.05) is 6.07 Å². The monoisotopic (exact) mass is 317 g/mol. The minimum atomic E-state index is 0.0596. The highest BCUT2D eigenvalue weighted by Crippen LogP contribution is 2.26. The predicted octanol–water partition coefficient (Wildman–Crippen LogP) is 3.43. The number of aromatic nitrogens is 2. The molecule has 0 aliphatic rings. The lowest BCUT2D eigenvalue weighted by Gasteiger charge is -2.07. The fraction of sp³-hybridized carbons (Fsp3) is 0.312. The number of anilines is 1. The van der Waals surface area contributed by atoms with Crippen LogP contribution in [0.15, 0.2) is 34.1 Å². The Balaban J connectivity index is 1.81. The number of nitrogens with one attached hydrogen (secondary N) is 1. The summed E-state index contributed by atoms with van der Waals surface area (Å²) in [6, 6.07) is 8.11. The summed E-state index contributed by atoms with van der Waals surface area (Å²) in [5, 5.41) is 19.2. The van der Waals surface area contributed by atoms with Crippen molar-refractivity contribution in [2.45, 2.75) is 26.9 Å². The smallest absolute Gasteiger partial charge is 0.125 e. The van der Waals surface area contributed by atoms with Gasteiger partial charge in [0.2, 0.25) is 0 Å². The van der Waals surface area contributed by atoms with Gasteiger partial charge < -0.3 is 14.8 Å². The van der Waals surface area contributed by atoms with Gasteiger partial charge >= 0.3 is 0 Å². The molecule has 0 atom stereocenters. The lowest BCUT2D eigenvalue weighted by atomic mass is 10.2. The Bertz CT molecular complexity index is 744. The van der Waals surface area contributed by atoms with Crippen LogP contribution in [0.2, 0.25) is 0 Å². The Morgan fingerprint density at radius 1 is 1.36 bits per heavy atom. The molecule has 0 aliphatic carbocycles. The number of furan rings is 1.